The summed E-state index contributed by atoms with van der Waals surface area (Å²) in [5.74, 6) is 1.96. The van der Waals surface area contributed by atoms with Crippen molar-refractivity contribution in [1.29, 1.82) is 0 Å². The van der Waals surface area contributed by atoms with Crippen LogP contribution < -0.4 is 18.9 Å². The molecule has 5 nitrogen and oxygen atoms in total. The Hall–Kier alpha value is -2.40. The maximum Gasteiger partial charge on any atom is 0.203 e. The number of halogens is 1. The van der Waals surface area contributed by atoms with Crippen LogP contribution in [0.4, 0.5) is 0 Å². The van der Waals surface area contributed by atoms with E-state index in [-0.39, 0.29) is 11.7 Å². The second-order valence-corrected chi connectivity index (χ2v) is 6.32. The van der Waals surface area contributed by atoms with Crippen LogP contribution in [0.3, 0.4) is 0 Å². The average Bonchev–Trinajstić information content (AvgIpc) is 2.98. The van der Waals surface area contributed by atoms with Crippen LogP contribution in [-0.4, -0.2) is 33.7 Å². The lowest BCUT2D eigenvalue weighted by atomic mass is 9.91. The molecule has 0 amide bonds. The van der Waals surface area contributed by atoms with Gasteiger partial charge < -0.3 is 18.9 Å². The molecule has 2 aromatic rings. The fraction of sp³-hybridized carbons (Fsp3) is 0.350. The summed E-state index contributed by atoms with van der Waals surface area (Å²) in [6, 6.07) is 7.32. The van der Waals surface area contributed by atoms with E-state index in [4.69, 9.17) is 30.5 Å². The third-order valence-electron chi connectivity index (χ3n) is 4.56. The van der Waals surface area contributed by atoms with Crippen LogP contribution in [0.15, 0.2) is 24.3 Å². The van der Waals surface area contributed by atoms with Gasteiger partial charge >= 0.3 is 0 Å². The van der Waals surface area contributed by atoms with E-state index in [1.807, 2.05) is 25.1 Å². The fourth-order valence-corrected chi connectivity index (χ4v) is 3.69. The molecule has 2 aromatic carbocycles. The average molecular weight is 377 g/mol. The Morgan fingerprint density at radius 3 is 2.35 bits per heavy atom. The van der Waals surface area contributed by atoms with E-state index in [0.717, 1.165) is 11.1 Å². The van der Waals surface area contributed by atoms with E-state index in [9.17, 15) is 4.79 Å². The van der Waals surface area contributed by atoms with Gasteiger partial charge in [-0.15, -0.1) is 0 Å². The van der Waals surface area contributed by atoms with Gasteiger partial charge in [0.15, 0.2) is 17.3 Å². The molecule has 6 heteroatoms. The number of carbonyl (C=O) groups is 1. The molecule has 0 aliphatic heterocycles. The Balaban J connectivity index is 2.15. The lowest BCUT2D eigenvalue weighted by molar-refractivity contribution is 0.0991. The summed E-state index contributed by atoms with van der Waals surface area (Å²) < 4.78 is 21.9. The standard InChI is InChI=1S/C20H21ClO5/c1-5-26-16-7-6-11(8-14(16)21)12-9-15(22)13-10-17(23-2)19(24-3)20(25-4)18(12)13/h6-8,10,12H,5,9H2,1-4H3. The summed E-state index contributed by atoms with van der Waals surface area (Å²) in [6.07, 6.45) is 0.340. The van der Waals surface area contributed by atoms with Gasteiger partial charge in [-0.3, -0.25) is 4.79 Å². The smallest absolute Gasteiger partial charge is 0.203 e. The highest BCUT2D eigenvalue weighted by Gasteiger charge is 2.37. The van der Waals surface area contributed by atoms with Gasteiger partial charge in [-0.25, -0.2) is 0 Å². The van der Waals surface area contributed by atoms with E-state index >= 15 is 0 Å². The molecule has 26 heavy (non-hydrogen) atoms. The molecular formula is C20H21ClO5. The molecule has 1 aliphatic carbocycles. The van der Waals surface area contributed by atoms with Gasteiger partial charge in [0.2, 0.25) is 5.75 Å². The first-order chi connectivity index (χ1) is 12.5. The van der Waals surface area contributed by atoms with Crippen LogP contribution in [0.1, 0.15) is 40.7 Å². The summed E-state index contributed by atoms with van der Waals surface area (Å²) >= 11 is 6.34. The summed E-state index contributed by atoms with van der Waals surface area (Å²) in [7, 11) is 4.64. The minimum Gasteiger partial charge on any atom is -0.493 e. The van der Waals surface area contributed by atoms with E-state index < -0.39 is 0 Å². The van der Waals surface area contributed by atoms with Crippen LogP contribution in [0.5, 0.6) is 23.0 Å². The normalized spacial score (nSPS) is 15.6. The first-order valence-electron chi connectivity index (χ1n) is 8.33. The van der Waals surface area contributed by atoms with Gasteiger partial charge in [0, 0.05) is 23.5 Å². The zero-order valence-corrected chi connectivity index (χ0v) is 16.0. The molecule has 0 heterocycles. The van der Waals surface area contributed by atoms with Crippen LogP contribution in [-0.2, 0) is 0 Å². The summed E-state index contributed by atoms with van der Waals surface area (Å²) in [6.45, 7) is 2.44. The number of carbonyl (C=O) groups excluding carboxylic acids is 1. The maximum atomic E-state index is 12.6. The second-order valence-electron chi connectivity index (χ2n) is 5.91. The molecule has 0 spiro atoms. The van der Waals surface area contributed by atoms with Crippen LogP contribution in [0.25, 0.3) is 0 Å². The number of benzene rings is 2. The number of ketones is 1. The molecule has 0 saturated heterocycles. The third kappa shape index (κ3) is 2.97. The SMILES string of the molecule is CCOc1ccc(C2CC(=O)c3cc(OC)c(OC)c(OC)c32)cc1Cl. The minimum absolute atomic E-state index is 0.0364. The number of methoxy groups -OCH3 is 3. The van der Waals surface area contributed by atoms with Crippen molar-refractivity contribution in [2.45, 2.75) is 19.3 Å². The van der Waals surface area contributed by atoms with E-state index in [0.29, 0.717) is 46.6 Å². The number of Topliss-reactive ketones (excluding diaryl/α,β-unsaturated/α-hetero) is 1. The highest BCUT2D eigenvalue weighted by Crippen LogP contribution is 2.51. The van der Waals surface area contributed by atoms with Crippen molar-refractivity contribution in [1.82, 2.24) is 0 Å². The van der Waals surface area contributed by atoms with Gasteiger partial charge in [-0.2, -0.15) is 0 Å². The molecule has 0 aromatic heterocycles. The fourth-order valence-electron chi connectivity index (χ4n) is 3.44. The van der Waals surface area contributed by atoms with Crippen molar-refractivity contribution >= 4 is 17.4 Å². The molecule has 138 valence electrons. The van der Waals surface area contributed by atoms with Crippen molar-refractivity contribution in [3.8, 4) is 23.0 Å². The first kappa shape index (κ1) is 18.4. The lowest BCUT2D eigenvalue weighted by Crippen LogP contribution is -2.03. The molecular weight excluding hydrogens is 356 g/mol. The zero-order chi connectivity index (χ0) is 18.8. The van der Waals surface area contributed by atoms with Gasteiger partial charge in [-0.1, -0.05) is 17.7 Å². The molecule has 1 atom stereocenters. The number of fused-ring (bicyclic) bond motifs is 1. The monoisotopic (exact) mass is 376 g/mol. The third-order valence-corrected chi connectivity index (χ3v) is 4.86. The minimum atomic E-state index is -0.166. The quantitative estimate of drug-likeness (QED) is 0.743. The molecule has 0 saturated carbocycles. The highest BCUT2D eigenvalue weighted by molar-refractivity contribution is 6.32. The maximum absolute atomic E-state index is 12.6. The summed E-state index contributed by atoms with van der Waals surface area (Å²) in [4.78, 5) is 12.6. The number of hydrogen-bond acceptors (Lipinski definition) is 5. The Morgan fingerprint density at radius 1 is 1.04 bits per heavy atom. The second kappa shape index (κ2) is 7.46. The predicted octanol–water partition coefficient (Wildman–Crippen LogP) is 4.48. The van der Waals surface area contributed by atoms with Crippen LogP contribution in [0.2, 0.25) is 5.02 Å². The Morgan fingerprint density at radius 2 is 1.77 bits per heavy atom. The largest absolute Gasteiger partial charge is 0.493 e. The van der Waals surface area contributed by atoms with Crippen LogP contribution in [0, 0.1) is 0 Å². The van der Waals surface area contributed by atoms with Crippen molar-refractivity contribution in [2.24, 2.45) is 0 Å². The van der Waals surface area contributed by atoms with Crippen molar-refractivity contribution in [2.75, 3.05) is 27.9 Å². The molecule has 1 aliphatic rings. The highest BCUT2D eigenvalue weighted by atomic mass is 35.5. The van der Waals surface area contributed by atoms with Crippen molar-refractivity contribution in [3.05, 3.63) is 46.0 Å². The topological polar surface area (TPSA) is 54.0 Å². The number of hydrogen-bond donors (Lipinski definition) is 0. The first-order valence-corrected chi connectivity index (χ1v) is 8.71. The number of rotatable bonds is 6. The van der Waals surface area contributed by atoms with Gasteiger partial charge in [-0.05, 0) is 30.7 Å². The lowest BCUT2D eigenvalue weighted by Gasteiger charge is -2.19. The van der Waals surface area contributed by atoms with Gasteiger partial charge in [0.25, 0.3) is 0 Å². The molecule has 0 bridgehead atoms. The van der Waals surface area contributed by atoms with Crippen LogP contribution >= 0.6 is 11.6 Å². The molecule has 3 rings (SSSR count). The molecule has 1 unspecified atom stereocenters. The van der Waals surface area contributed by atoms with E-state index in [1.54, 1.807) is 20.3 Å². The van der Waals surface area contributed by atoms with Gasteiger partial charge in [0.05, 0.1) is 33.0 Å². The predicted molar refractivity (Wildman–Crippen MR) is 99.5 cm³/mol. The Labute approximate surface area is 157 Å². The summed E-state index contributed by atoms with van der Waals surface area (Å²) in [5, 5.41) is 0.518. The van der Waals surface area contributed by atoms with E-state index in [2.05, 4.69) is 0 Å². The van der Waals surface area contributed by atoms with Crippen molar-refractivity contribution < 1.29 is 23.7 Å². The Bertz CT molecular complexity index is 847. The van der Waals surface area contributed by atoms with E-state index in [1.165, 1.54) is 7.11 Å². The summed E-state index contributed by atoms with van der Waals surface area (Å²) in [5.41, 5.74) is 2.32. The molecule has 0 radical (unpaired) electrons. The Kier molecular flexibility index (Phi) is 5.28. The molecule has 0 N–H and O–H groups in total. The number of ether oxygens (including phenoxy) is 4. The van der Waals surface area contributed by atoms with Crippen molar-refractivity contribution in [3.63, 3.8) is 0 Å². The zero-order valence-electron chi connectivity index (χ0n) is 15.2. The molecule has 0 fully saturated rings. The van der Waals surface area contributed by atoms with Gasteiger partial charge in [0.1, 0.15) is 5.75 Å².